The van der Waals surface area contributed by atoms with Crippen LogP contribution < -0.4 is 0 Å². The first-order valence-electron chi connectivity index (χ1n) is 9.76. The average Bonchev–Trinajstić information content (AvgIpc) is 3.15. The van der Waals surface area contributed by atoms with E-state index in [1.54, 1.807) is 6.20 Å². The number of ether oxygens (including phenoxy) is 1. The molecule has 2 aromatic rings. The lowest BCUT2D eigenvalue weighted by atomic mass is 9.94. The fourth-order valence-corrected chi connectivity index (χ4v) is 3.97. The summed E-state index contributed by atoms with van der Waals surface area (Å²) in [7, 11) is 0. The predicted molar refractivity (Wildman–Crippen MR) is 102 cm³/mol. The maximum absolute atomic E-state index is 12.6. The van der Waals surface area contributed by atoms with Crippen LogP contribution in [-0.4, -0.2) is 76.2 Å². The summed E-state index contributed by atoms with van der Waals surface area (Å²) >= 11 is 0. The third-order valence-electron chi connectivity index (χ3n) is 5.47. The molecule has 0 saturated carbocycles. The van der Waals surface area contributed by atoms with Crippen molar-refractivity contribution >= 4 is 5.91 Å². The molecule has 2 aliphatic rings. The lowest BCUT2D eigenvalue weighted by Gasteiger charge is -2.34. The van der Waals surface area contributed by atoms with Gasteiger partial charge in [-0.25, -0.2) is 9.97 Å². The minimum Gasteiger partial charge on any atom is -0.378 e. The zero-order valence-electron chi connectivity index (χ0n) is 15.9. The quantitative estimate of drug-likeness (QED) is 0.819. The molecule has 4 heterocycles. The molecule has 7 nitrogen and oxygen atoms in total. The Morgan fingerprint density at radius 3 is 2.89 bits per heavy atom. The summed E-state index contributed by atoms with van der Waals surface area (Å²) in [6.45, 7) is 7.07. The first-order valence-corrected chi connectivity index (χ1v) is 9.76. The minimum atomic E-state index is 0.217. The monoisotopic (exact) mass is 369 g/mol. The molecule has 4 rings (SSSR count). The molecule has 7 heteroatoms. The molecule has 2 fully saturated rings. The summed E-state index contributed by atoms with van der Waals surface area (Å²) < 4.78 is 7.35. The first kappa shape index (κ1) is 18.1. The van der Waals surface area contributed by atoms with Crippen LogP contribution in [0.4, 0.5) is 0 Å². The van der Waals surface area contributed by atoms with Crippen LogP contribution >= 0.6 is 0 Å². The number of pyridine rings is 1. The summed E-state index contributed by atoms with van der Waals surface area (Å²) in [6, 6.07) is 6.18. The van der Waals surface area contributed by atoms with Crippen LogP contribution in [0, 0.1) is 6.92 Å². The number of amides is 1. The Hall–Kier alpha value is -2.25. The van der Waals surface area contributed by atoms with Crippen molar-refractivity contribution in [3.8, 4) is 5.82 Å². The maximum Gasteiger partial charge on any atom is 0.236 e. The number of carbonyl (C=O) groups is 1. The molecular formula is C20H27N5O2. The fraction of sp³-hybridized carbons (Fsp3) is 0.550. The van der Waals surface area contributed by atoms with Crippen molar-refractivity contribution < 1.29 is 9.53 Å². The smallest absolute Gasteiger partial charge is 0.236 e. The highest BCUT2D eigenvalue weighted by molar-refractivity contribution is 5.78. The van der Waals surface area contributed by atoms with Gasteiger partial charge in [0.2, 0.25) is 5.91 Å². The van der Waals surface area contributed by atoms with Crippen molar-refractivity contribution in [1.29, 1.82) is 0 Å². The lowest BCUT2D eigenvalue weighted by Crippen LogP contribution is -2.47. The number of hydrogen-bond donors (Lipinski definition) is 0. The number of aromatic nitrogens is 3. The Balaban J connectivity index is 1.42. The van der Waals surface area contributed by atoms with E-state index in [0.29, 0.717) is 38.8 Å². The topological polar surface area (TPSA) is 63.5 Å². The maximum atomic E-state index is 12.6. The van der Waals surface area contributed by atoms with Gasteiger partial charge in [-0.1, -0.05) is 6.07 Å². The van der Waals surface area contributed by atoms with Crippen molar-refractivity contribution in [3.05, 3.63) is 42.1 Å². The number of imidazole rings is 1. The predicted octanol–water partition coefficient (Wildman–Crippen LogP) is 1.61. The Kier molecular flexibility index (Phi) is 5.50. The fourth-order valence-electron chi connectivity index (χ4n) is 3.97. The Morgan fingerprint density at radius 2 is 2.11 bits per heavy atom. The van der Waals surface area contributed by atoms with Crippen LogP contribution in [0.1, 0.15) is 30.3 Å². The van der Waals surface area contributed by atoms with Crippen LogP contribution in [0.15, 0.2) is 30.6 Å². The van der Waals surface area contributed by atoms with Crippen LogP contribution in [0.2, 0.25) is 0 Å². The van der Waals surface area contributed by atoms with Crippen LogP contribution in [0.3, 0.4) is 0 Å². The number of rotatable bonds is 4. The van der Waals surface area contributed by atoms with Gasteiger partial charge in [-0.3, -0.25) is 14.3 Å². The van der Waals surface area contributed by atoms with E-state index in [4.69, 9.17) is 9.72 Å². The number of morpholine rings is 1. The number of hydrogen-bond acceptors (Lipinski definition) is 5. The van der Waals surface area contributed by atoms with Gasteiger partial charge in [0.05, 0.1) is 19.8 Å². The molecule has 0 unspecified atom stereocenters. The standard InChI is InChI=1S/C20H27N5O2/c1-16-21-7-9-25(16)19-6-2-5-18(22-19)17-4-3-8-23(14-17)15-20(26)24-10-12-27-13-11-24/h2,5-7,9,17H,3-4,8,10-15H2,1H3/t17-/m1/s1. The molecule has 27 heavy (non-hydrogen) atoms. The van der Waals surface area contributed by atoms with Gasteiger partial charge >= 0.3 is 0 Å². The van der Waals surface area contributed by atoms with E-state index >= 15 is 0 Å². The molecule has 1 amide bonds. The van der Waals surface area contributed by atoms with Gasteiger partial charge in [-0.05, 0) is 38.4 Å². The summed E-state index contributed by atoms with van der Waals surface area (Å²) in [5.41, 5.74) is 1.10. The highest BCUT2D eigenvalue weighted by atomic mass is 16.5. The number of aryl methyl sites for hydroxylation is 1. The summed E-state index contributed by atoms with van der Waals surface area (Å²) in [5, 5.41) is 0. The summed E-state index contributed by atoms with van der Waals surface area (Å²) in [6.07, 6.45) is 5.94. The van der Waals surface area contributed by atoms with Gasteiger partial charge in [0.25, 0.3) is 0 Å². The lowest BCUT2D eigenvalue weighted by molar-refractivity contribution is -0.136. The van der Waals surface area contributed by atoms with E-state index < -0.39 is 0 Å². The van der Waals surface area contributed by atoms with E-state index in [2.05, 4.69) is 22.0 Å². The molecule has 0 aromatic carbocycles. The normalized spacial score (nSPS) is 21.4. The van der Waals surface area contributed by atoms with Crippen molar-refractivity contribution in [3.63, 3.8) is 0 Å². The van der Waals surface area contributed by atoms with Gasteiger partial charge < -0.3 is 9.64 Å². The molecule has 0 N–H and O–H groups in total. The molecule has 1 atom stereocenters. The average molecular weight is 369 g/mol. The molecule has 0 aliphatic carbocycles. The second-order valence-electron chi connectivity index (χ2n) is 7.33. The van der Waals surface area contributed by atoms with Crippen molar-refractivity contribution in [1.82, 2.24) is 24.3 Å². The van der Waals surface area contributed by atoms with Gasteiger partial charge in [-0.2, -0.15) is 0 Å². The summed E-state index contributed by atoms with van der Waals surface area (Å²) in [4.78, 5) is 25.9. The summed E-state index contributed by atoms with van der Waals surface area (Å²) in [5.74, 6) is 2.42. The molecule has 2 aliphatic heterocycles. The van der Waals surface area contributed by atoms with E-state index in [1.807, 2.05) is 28.7 Å². The number of likely N-dealkylation sites (tertiary alicyclic amines) is 1. The van der Waals surface area contributed by atoms with Crippen molar-refractivity contribution in [2.45, 2.75) is 25.7 Å². The van der Waals surface area contributed by atoms with Gasteiger partial charge in [0.1, 0.15) is 11.6 Å². The minimum absolute atomic E-state index is 0.217. The van der Waals surface area contributed by atoms with Gasteiger partial charge in [0, 0.05) is 43.6 Å². The second kappa shape index (κ2) is 8.19. The Bertz CT molecular complexity index is 784. The first-order chi connectivity index (χ1) is 13.2. The van der Waals surface area contributed by atoms with Crippen molar-refractivity contribution in [2.24, 2.45) is 0 Å². The van der Waals surface area contributed by atoms with Gasteiger partial charge in [0.15, 0.2) is 0 Å². The molecule has 2 aromatic heterocycles. The number of carbonyl (C=O) groups excluding carboxylic acids is 1. The third-order valence-corrected chi connectivity index (χ3v) is 5.47. The molecule has 0 bridgehead atoms. The molecule has 2 saturated heterocycles. The Labute approximate surface area is 160 Å². The Morgan fingerprint density at radius 1 is 1.26 bits per heavy atom. The zero-order valence-corrected chi connectivity index (χ0v) is 15.9. The zero-order chi connectivity index (χ0) is 18.6. The number of piperidine rings is 1. The van der Waals surface area contributed by atoms with Crippen LogP contribution in [0.5, 0.6) is 0 Å². The van der Waals surface area contributed by atoms with Crippen LogP contribution in [-0.2, 0) is 9.53 Å². The second-order valence-corrected chi connectivity index (χ2v) is 7.33. The molecule has 0 spiro atoms. The SMILES string of the molecule is Cc1nccn1-c1cccc([C@@H]2CCCN(CC(=O)N3CCOCC3)C2)n1. The van der Waals surface area contributed by atoms with E-state index in [-0.39, 0.29) is 5.91 Å². The highest BCUT2D eigenvalue weighted by Crippen LogP contribution is 2.26. The van der Waals surface area contributed by atoms with Crippen LogP contribution in [0.25, 0.3) is 5.82 Å². The molecular weight excluding hydrogens is 342 g/mol. The van der Waals surface area contributed by atoms with E-state index in [0.717, 1.165) is 43.3 Å². The van der Waals surface area contributed by atoms with E-state index in [9.17, 15) is 4.79 Å². The van der Waals surface area contributed by atoms with Gasteiger partial charge in [-0.15, -0.1) is 0 Å². The number of nitrogens with zero attached hydrogens (tertiary/aromatic N) is 5. The molecule has 144 valence electrons. The third kappa shape index (κ3) is 4.20. The largest absolute Gasteiger partial charge is 0.378 e. The molecule has 0 radical (unpaired) electrons. The van der Waals surface area contributed by atoms with Crippen molar-refractivity contribution in [2.75, 3.05) is 45.9 Å². The van der Waals surface area contributed by atoms with E-state index in [1.165, 1.54) is 0 Å². The highest BCUT2D eigenvalue weighted by Gasteiger charge is 2.26.